The number of fused-ring (bicyclic) bond motifs is 1. The fourth-order valence-corrected chi connectivity index (χ4v) is 2.59. The Hall–Kier alpha value is -3.81. The van der Waals surface area contributed by atoms with Crippen molar-refractivity contribution in [2.75, 3.05) is 5.32 Å². The number of amides is 1. The fraction of sp³-hybridized carbons (Fsp3) is 0.0526. The van der Waals surface area contributed by atoms with Gasteiger partial charge >= 0.3 is 0 Å². The minimum absolute atomic E-state index is 0.00823. The van der Waals surface area contributed by atoms with E-state index in [0.717, 1.165) is 5.56 Å². The molecule has 2 aromatic heterocycles. The van der Waals surface area contributed by atoms with Crippen molar-refractivity contribution in [3.05, 3.63) is 66.7 Å². The highest BCUT2D eigenvalue weighted by Gasteiger charge is 2.13. The first-order chi connectivity index (χ1) is 13.1. The van der Waals surface area contributed by atoms with Crippen LogP contribution in [0.2, 0.25) is 0 Å². The van der Waals surface area contributed by atoms with E-state index < -0.39 is 5.82 Å². The number of nitrogens with zero attached hydrogens (tertiary/aromatic N) is 4. The maximum atomic E-state index is 14.4. The van der Waals surface area contributed by atoms with Gasteiger partial charge in [0.1, 0.15) is 6.33 Å². The van der Waals surface area contributed by atoms with E-state index in [9.17, 15) is 9.18 Å². The van der Waals surface area contributed by atoms with Crippen molar-refractivity contribution in [3.63, 3.8) is 0 Å². The van der Waals surface area contributed by atoms with Crippen molar-refractivity contribution in [2.45, 2.75) is 6.92 Å². The molecule has 134 valence electrons. The van der Waals surface area contributed by atoms with Crippen molar-refractivity contribution in [2.24, 2.45) is 0 Å². The number of carbonyl (C=O) groups excluding carboxylic acids is 1. The number of hydrogen-bond donors (Lipinski definition) is 1. The Balaban J connectivity index is 1.73. The van der Waals surface area contributed by atoms with Crippen LogP contribution in [0.1, 0.15) is 6.92 Å². The Morgan fingerprint density at radius 1 is 1.15 bits per heavy atom. The summed E-state index contributed by atoms with van der Waals surface area (Å²) in [7, 11) is 0. The molecule has 0 fully saturated rings. The van der Waals surface area contributed by atoms with Gasteiger partial charge in [0.2, 0.25) is 11.8 Å². The number of hydrogen-bond acceptors (Lipinski definition) is 5. The molecule has 0 bridgehead atoms. The van der Waals surface area contributed by atoms with Crippen LogP contribution in [-0.4, -0.2) is 25.5 Å². The van der Waals surface area contributed by atoms with Crippen LogP contribution in [0.15, 0.2) is 60.9 Å². The summed E-state index contributed by atoms with van der Waals surface area (Å²) < 4.78 is 21.5. The van der Waals surface area contributed by atoms with Gasteiger partial charge in [-0.15, -0.1) is 0 Å². The Kier molecular flexibility index (Phi) is 4.21. The SMILES string of the molecule is CC(=O)Nc1ccc(Oc2cc(-c3ccccc3)nc3ncnn23)c(F)c1. The summed E-state index contributed by atoms with van der Waals surface area (Å²) in [5.74, 6) is -0.308. The van der Waals surface area contributed by atoms with Gasteiger partial charge in [-0.25, -0.2) is 9.37 Å². The maximum Gasteiger partial charge on any atom is 0.255 e. The lowest BCUT2D eigenvalue weighted by Crippen LogP contribution is -2.06. The van der Waals surface area contributed by atoms with E-state index >= 15 is 0 Å². The van der Waals surface area contributed by atoms with Crippen LogP contribution < -0.4 is 10.1 Å². The number of ether oxygens (including phenoxy) is 1. The third-order valence-electron chi connectivity index (χ3n) is 3.76. The molecule has 0 saturated heterocycles. The summed E-state index contributed by atoms with van der Waals surface area (Å²) in [6, 6.07) is 15.3. The van der Waals surface area contributed by atoms with E-state index in [1.807, 2.05) is 30.3 Å². The molecule has 0 unspecified atom stereocenters. The molecule has 4 rings (SSSR count). The Bertz CT molecular complexity index is 1130. The minimum Gasteiger partial charge on any atom is -0.436 e. The summed E-state index contributed by atoms with van der Waals surface area (Å²) in [6.07, 6.45) is 1.35. The quantitative estimate of drug-likeness (QED) is 0.598. The lowest BCUT2D eigenvalue weighted by atomic mass is 10.1. The summed E-state index contributed by atoms with van der Waals surface area (Å²) in [6.45, 7) is 1.35. The van der Waals surface area contributed by atoms with E-state index in [2.05, 4.69) is 20.4 Å². The molecule has 1 amide bonds. The number of aromatic nitrogens is 4. The number of halogens is 1. The van der Waals surface area contributed by atoms with E-state index in [4.69, 9.17) is 4.74 Å². The van der Waals surface area contributed by atoms with E-state index in [-0.39, 0.29) is 17.5 Å². The zero-order chi connectivity index (χ0) is 18.8. The standard InChI is InChI=1S/C19H14FN5O2/c1-12(26)23-14-7-8-17(15(20)9-14)27-18-10-16(13-5-3-2-4-6-13)24-19-21-11-22-25(18)19/h2-11H,1H3,(H,23,26). The van der Waals surface area contributed by atoms with Crippen molar-refractivity contribution < 1.29 is 13.9 Å². The zero-order valence-corrected chi connectivity index (χ0v) is 14.3. The van der Waals surface area contributed by atoms with Crippen molar-refractivity contribution in [1.82, 2.24) is 19.6 Å². The van der Waals surface area contributed by atoms with Gasteiger partial charge in [0.05, 0.1) is 5.69 Å². The monoisotopic (exact) mass is 363 g/mol. The Morgan fingerprint density at radius 3 is 2.70 bits per heavy atom. The molecule has 2 heterocycles. The van der Waals surface area contributed by atoms with E-state index in [1.54, 1.807) is 12.1 Å². The van der Waals surface area contributed by atoms with Crippen LogP contribution in [0.25, 0.3) is 17.0 Å². The van der Waals surface area contributed by atoms with Crippen LogP contribution in [0.3, 0.4) is 0 Å². The van der Waals surface area contributed by atoms with Crippen molar-refractivity contribution in [3.8, 4) is 22.9 Å². The largest absolute Gasteiger partial charge is 0.436 e. The van der Waals surface area contributed by atoms with Crippen LogP contribution >= 0.6 is 0 Å². The number of anilines is 1. The first-order valence-electron chi connectivity index (χ1n) is 8.11. The predicted molar refractivity (Wildman–Crippen MR) is 97.0 cm³/mol. The molecule has 0 aliphatic heterocycles. The molecular formula is C19H14FN5O2. The molecule has 2 aromatic carbocycles. The lowest BCUT2D eigenvalue weighted by molar-refractivity contribution is -0.114. The van der Waals surface area contributed by atoms with Gasteiger partial charge in [-0.3, -0.25) is 4.79 Å². The maximum absolute atomic E-state index is 14.4. The second-order valence-corrected chi connectivity index (χ2v) is 5.75. The zero-order valence-electron chi connectivity index (χ0n) is 14.3. The van der Waals surface area contributed by atoms with Crippen LogP contribution in [0.4, 0.5) is 10.1 Å². The fourth-order valence-electron chi connectivity index (χ4n) is 2.59. The van der Waals surface area contributed by atoms with Gasteiger partial charge in [-0.05, 0) is 12.1 Å². The Morgan fingerprint density at radius 2 is 1.96 bits per heavy atom. The average Bonchev–Trinajstić information content (AvgIpc) is 3.13. The first kappa shape index (κ1) is 16.6. The van der Waals surface area contributed by atoms with Crippen molar-refractivity contribution >= 4 is 17.4 Å². The number of benzene rings is 2. The summed E-state index contributed by atoms with van der Waals surface area (Å²) in [5, 5.41) is 6.60. The van der Waals surface area contributed by atoms with E-state index in [1.165, 1.54) is 29.9 Å². The molecule has 1 N–H and O–H groups in total. The lowest BCUT2D eigenvalue weighted by Gasteiger charge is -2.11. The molecule has 0 aliphatic carbocycles. The highest BCUT2D eigenvalue weighted by atomic mass is 19.1. The molecule has 27 heavy (non-hydrogen) atoms. The number of rotatable bonds is 4. The molecule has 4 aromatic rings. The third-order valence-corrected chi connectivity index (χ3v) is 3.76. The predicted octanol–water partition coefficient (Wildman–Crippen LogP) is 3.68. The number of nitrogens with one attached hydrogen (secondary N) is 1. The molecule has 0 saturated carbocycles. The highest BCUT2D eigenvalue weighted by Crippen LogP contribution is 2.29. The number of carbonyl (C=O) groups is 1. The minimum atomic E-state index is -0.618. The second kappa shape index (κ2) is 6.83. The average molecular weight is 363 g/mol. The van der Waals surface area contributed by atoms with Gasteiger partial charge in [-0.2, -0.15) is 14.6 Å². The topological polar surface area (TPSA) is 81.4 Å². The summed E-state index contributed by atoms with van der Waals surface area (Å²) in [5.41, 5.74) is 1.84. The van der Waals surface area contributed by atoms with E-state index in [0.29, 0.717) is 17.2 Å². The van der Waals surface area contributed by atoms with Gasteiger partial charge in [0.15, 0.2) is 11.6 Å². The molecule has 0 atom stereocenters. The van der Waals surface area contributed by atoms with Gasteiger partial charge in [0, 0.05) is 30.3 Å². The van der Waals surface area contributed by atoms with Gasteiger partial charge in [0.25, 0.3) is 5.78 Å². The molecule has 7 nitrogen and oxygen atoms in total. The molecule has 0 aliphatic rings. The Labute approximate surface area is 153 Å². The van der Waals surface area contributed by atoms with Crippen LogP contribution in [0, 0.1) is 5.82 Å². The third kappa shape index (κ3) is 3.45. The normalized spacial score (nSPS) is 10.7. The smallest absolute Gasteiger partial charge is 0.255 e. The first-order valence-corrected chi connectivity index (χ1v) is 8.11. The van der Waals surface area contributed by atoms with Gasteiger partial charge in [-0.1, -0.05) is 30.3 Å². The molecule has 0 spiro atoms. The molecular weight excluding hydrogens is 349 g/mol. The molecule has 8 heteroatoms. The van der Waals surface area contributed by atoms with Crippen LogP contribution in [0.5, 0.6) is 11.6 Å². The summed E-state index contributed by atoms with van der Waals surface area (Å²) in [4.78, 5) is 19.6. The van der Waals surface area contributed by atoms with Crippen molar-refractivity contribution in [1.29, 1.82) is 0 Å². The van der Waals surface area contributed by atoms with Crippen LogP contribution in [-0.2, 0) is 4.79 Å². The highest BCUT2D eigenvalue weighted by molar-refractivity contribution is 5.88. The summed E-state index contributed by atoms with van der Waals surface area (Å²) >= 11 is 0. The van der Waals surface area contributed by atoms with Gasteiger partial charge < -0.3 is 10.1 Å². The second-order valence-electron chi connectivity index (χ2n) is 5.75. The molecule has 0 radical (unpaired) electrons.